The zero-order chi connectivity index (χ0) is 31.1. The fraction of sp³-hybridized carbons (Fsp3) is 0.545. The van der Waals surface area contributed by atoms with Gasteiger partial charge in [-0.25, -0.2) is 9.38 Å². The van der Waals surface area contributed by atoms with E-state index in [1.165, 1.54) is 23.3 Å². The van der Waals surface area contributed by atoms with Crippen LogP contribution in [0.2, 0.25) is 0 Å². The van der Waals surface area contributed by atoms with Gasteiger partial charge in [0.1, 0.15) is 12.6 Å². The van der Waals surface area contributed by atoms with Crippen LogP contribution < -0.4 is 10.2 Å². The molecule has 10 heteroatoms. The first kappa shape index (κ1) is 32.4. The van der Waals surface area contributed by atoms with Crippen LogP contribution in [0, 0.1) is 12.3 Å². The summed E-state index contributed by atoms with van der Waals surface area (Å²) < 4.78 is 19.6. The van der Waals surface area contributed by atoms with Crippen LogP contribution in [0.5, 0.6) is 0 Å². The van der Waals surface area contributed by atoms with E-state index in [0.29, 0.717) is 39.3 Å². The van der Waals surface area contributed by atoms with Crippen molar-refractivity contribution in [2.45, 2.75) is 33.1 Å². The maximum absolute atomic E-state index is 13.5. The second-order valence-corrected chi connectivity index (χ2v) is 12.1. The third kappa shape index (κ3) is 7.72. The maximum atomic E-state index is 13.5. The first-order valence-electron chi connectivity index (χ1n) is 15.2. The van der Waals surface area contributed by atoms with Gasteiger partial charge in [-0.1, -0.05) is 25.3 Å². The molecule has 43 heavy (non-hydrogen) atoms. The number of aryl methyl sites for hydroxylation is 1. The minimum atomic E-state index is -0.929. The third-order valence-electron chi connectivity index (χ3n) is 8.51. The number of nitrogens with one attached hydrogen (secondary N) is 1. The Labute approximate surface area is 256 Å². The summed E-state index contributed by atoms with van der Waals surface area (Å²) in [6.07, 6.45) is 5.01. The van der Waals surface area contributed by atoms with Crippen molar-refractivity contribution in [1.29, 1.82) is 0 Å². The van der Waals surface area contributed by atoms with Gasteiger partial charge in [0.25, 0.3) is 5.91 Å². The smallest absolute Gasteiger partial charge is 0.282 e. The molecule has 9 nitrogen and oxygen atoms in total. The quantitative estimate of drug-likeness (QED) is 0.205. The number of nitrogens with zero attached hydrogens (tertiary/aromatic N) is 6. The molecular weight excluding hydrogens is 545 g/mol. The molecule has 1 N–H and O–H groups in total. The number of benzene rings is 1. The monoisotopic (exact) mass is 593 g/mol. The normalized spacial score (nSPS) is 20.3. The van der Waals surface area contributed by atoms with Crippen molar-refractivity contribution in [3.63, 3.8) is 0 Å². The van der Waals surface area contributed by atoms with Crippen LogP contribution in [-0.2, 0) is 9.53 Å². The third-order valence-corrected chi connectivity index (χ3v) is 8.51. The van der Waals surface area contributed by atoms with Gasteiger partial charge in [-0.15, -0.1) is 0 Å². The van der Waals surface area contributed by atoms with E-state index in [9.17, 15) is 9.18 Å². The van der Waals surface area contributed by atoms with Crippen molar-refractivity contribution < 1.29 is 13.9 Å². The van der Waals surface area contributed by atoms with E-state index in [4.69, 9.17) is 9.73 Å². The van der Waals surface area contributed by atoms with Crippen LogP contribution in [0.15, 0.2) is 52.5 Å². The highest BCUT2D eigenvalue weighted by atomic mass is 19.1. The second kappa shape index (κ2) is 14.3. The molecule has 0 spiro atoms. The molecule has 1 aromatic rings. The standard InChI is InChI=1S/C33H48FN7O2/c1-8-26-28(36-9-2)11-10-24(3)30(26)41-15-12-27(29(20-41)37-23-43-22-33(13-14-33)21-38(6)7)31(35-5)39-16-18-40(19-17-39)32(42)25(4)34/h8,10-11,36H,1,4-5,9,12-23H2,2-3,6-7H3/b31-27+,37-29-. The Morgan fingerprint density at radius 2 is 1.88 bits per heavy atom. The van der Waals surface area contributed by atoms with Gasteiger partial charge in [-0.05, 0) is 65.6 Å². The number of carbonyl (C=O) groups excluding carboxylic acids is 1. The Bertz CT molecular complexity index is 1280. The Morgan fingerprint density at radius 1 is 1.19 bits per heavy atom. The molecule has 0 bridgehead atoms. The zero-order valence-corrected chi connectivity index (χ0v) is 26.4. The molecule has 0 unspecified atom stereocenters. The molecule has 1 amide bonds. The van der Waals surface area contributed by atoms with Crippen molar-refractivity contribution in [2.75, 3.05) is 90.0 Å². The van der Waals surface area contributed by atoms with E-state index in [-0.39, 0.29) is 12.1 Å². The zero-order valence-electron chi connectivity index (χ0n) is 26.4. The van der Waals surface area contributed by atoms with Crippen molar-refractivity contribution in [2.24, 2.45) is 15.4 Å². The SMILES string of the molecule is C=Cc1c(NCC)ccc(C)c1N1CCC(=C(/N=C)N2CCN(C(=O)C(=C)F)CC2)/C(=N\COCC2(CN(C)C)CC2)C1. The van der Waals surface area contributed by atoms with E-state index in [1.807, 2.05) is 6.08 Å². The van der Waals surface area contributed by atoms with Crippen LogP contribution in [0.25, 0.3) is 6.08 Å². The summed E-state index contributed by atoms with van der Waals surface area (Å²) in [5.41, 5.74) is 6.67. The van der Waals surface area contributed by atoms with E-state index in [0.717, 1.165) is 60.1 Å². The lowest BCUT2D eigenvalue weighted by Gasteiger charge is -2.39. The number of piperidine rings is 1. The van der Waals surface area contributed by atoms with E-state index < -0.39 is 11.7 Å². The number of rotatable bonds is 13. The van der Waals surface area contributed by atoms with E-state index in [1.54, 1.807) is 0 Å². The first-order chi connectivity index (χ1) is 20.6. The fourth-order valence-corrected chi connectivity index (χ4v) is 6.27. The van der Waals surface area contributed by atoms with Gasteiger partial charge in [0, 0.05) is 73.7 Å². The highest BCUT2D eigenvalue weighted by molar-refractivity contribution is 6.05. The Balaban J connectivity index is 1.61. The van der Waals surface area contributed by atoms with Crippen LogP contribution in [0.4, 0.5) is 15.8 Å². The van der Waals surface area contributed by atoms with Crippen molar-refractivity contribution in [1.82, 2.24) is 14.7 Å². The molecule has 3 aliphatic rings. The van der Waals surface area contributed by atoms with E-state index in [2.05, 4.69) is 85.0 Å². The summed E-state index contributed by atoms with van der Waals surface area (Å²) in [6, 6.07) is 4.26. The molecule has 0 aromatic heterocycles. The molecule has 1 saturated carbocycles. The maximum Gasteiger partial charge on any atom is 0.282 e. The number of aliphatic imine (C=N–C) groups is 2. The van der Waals surface area contributed by atoms with E-state index >= 15 is 0 Å². The minimum Gasteiger partial charge on any atom is -0.385 e. The number of anilines is 2. The summed E-state index contributed by atoms with van der Waals surface area (Å²) >= 11 is 0. The van der Waals surface area contributed by atoms with Crippen molar-refractivity contribution in [3.05, 3.63) is 53.6 Å². The predicted molar refractivity (Wildman–Crippen MR) is 176 cm³/mol. The van der Waals surface area contributed by atoms with Crippen molar-refractivity contribution >= 4 is 35.8 Å². The Kier molecular flexibility index (Phi) is 10.8. The van der Waals surface area contributed by atoms with Gasteiger partial charge in [-0.3, -0.25) is 9.79 Å². The second-order valence-electron chi connectivity index (χ2n) is 12.1. The lowest BCUT2D eigenvalue weighted by Crippen LogP contribution is -2.49. The molecule has 2 heterocycles. The molecule has 3 fully saturated rings. The molecule has 4 rings (SSSR count). The fourth-order valence-electron chi connectivity index (χ4n) is 6.27. The number of halogens is 1. The summed E-state index contributed by atoms with van der Waals surface area (Å²) in [5, 5.41) is 3.47. The lowest BCUT2D eigenvalue weighted by atomic mass is 9.97. The summed E-state index contributed by atoms with van der Waals surface area (Å²) in [7, 11) is 4.21. The number of amides is 1. The highest BCUT2D eigenvalue weighted by Gasteiger charge is 2.43. The highest BCUT2D eigenvalue weighted by Crippen LogP contribution is 2.46. The van der Waals surface area contributed by atoms with Gasteiger partial charge in [0.15, 0.2) is 5.83 Å². The largest absolute Gasteiger partial charge is 0.385 e. The summed E-state index contributed by atoms with van der Waals surface area (Å²) in [4.78, 5) is 29.8. The van der Waals surface area contributed by atoms with Gasteiger partial charge in [-0.2, -0.15) is 0 Å². The van der Waals surface area contributed by atoms with Gasteiger partial charge in [0.2, 0.25) is 0 Å². The van der Waals surface area contributed by atoms with Crippen LogP contribution in [0.3, 0.4) is 0 Å². The van der Waals surface area contributed by atoms with Gasteiger partial charge >= 0.3 is 0 Å². The van der Waals surface area contributed by atoms with Gasteiger partial charge in [0.05, 0.1) is 18.9 Å². The average Bonchev–Trinajstić information content (AvgIpc) is 3.75. The summed E-state index contributed by atoms with van der Waals surface area (Å²) in [6.45, 7) is 21.4. The molecule has 2 aliphatic heterocycles. The Morgan fingerprint density at radius 3 is 2.47 bits per heavy atom. The molecular formula is C33H48FN7O2. The van der Waals surface area contributed by atoms with Crippen LogP contribution in [-0.4, -0.2) is 113 Å². The first-order valence-corrected chi connectivity index (χ1v) is 15.2. The molecule has 1 aliphatic carbocycles. The average molecular weight is 594 g/mol. The van der Waals surface area contributed by atoms with Crippen LogP contribution in [0.1, 0.15) is 37.3 Å². The minimum absolute atomic E-state index is 0.236. The molecule has 0 atom stereocenters. The lowest BCUT2D eigenvalue weighted by molar-refractivity contribution is -0.130. The van der Waals surface area contributed by atoms with Gasteiger partial charge < -0.3 is 29.7 Å². The molecule has 0 radical (unpaired) electrons. The Hall–Kier alpha value is -3.50. The van der Waals surface area contributed by atoms with Crippen molar-refractivity contribution in [3.8, 4) is 0 Å². The predicted octanol–water partition coefficient (Wildman–Crippen LogP) is 4.58. The number of carbonyl (C=O) groups is 1. The molecule has 1 aromatic carbocycles. The molecule has 2 saturated heterocycles. The topological polar surface area (TPSA) is 76.0 Å². The van der Waals surface area contributed by atoms with Crippen LogP contribution >= 0.6 is 0 Å². The number of ether oxygens (including phenoxy) is 1. The summed E-state index contributed by atoms with van der Waals surface area (Å²) in [5.74, 6) is -0.802. The number of hydrogen-bond donors (Lipinski definition) is 1. The number of hydrogen-bond acceptors (Lipinski definition) is 8. The molecule has 234 valence electrons. The number of piperazine rings is 1.